The number of hydrogen-bond donors (Lipinski definition) is 2. The van der Waals surface area contributed by atoms with Gasteiger partial charge in [-0.25, -0.2) is 0 Å². The predicted octanol–water partition coefficient (Wildman–Crippen LogP) is 11.4. The van der Waals surface area contributed by atoms with Crippen LogP contribution in [0.3, 0.4) is 0 Å². The van der Waals surface area contributed by atoms with Crippen LogP contribution in [0.5, 0.6) is 5.75 Å². The van der Waals surface area contributed by atoms with E-state index in [4.69, 9.17) is 15.5 Å². The molecule has 51 heavy (non-hydrogen) atoms. The summed E-state index contributed by atoms with van der Waals surface area (Å²) in [6.07, 6.45) is 9.61. The Bertz CT molecular complexity index is 2700. The summed E-state index contributed by atoms with van der Waals surface area (Å²) in [5.41, 5.74) is 13.8. The van der Waals surface area contributed by atoms with Crippen molar-refractivity contribution < 1.29 is 4.74 Å². The number of nitrogens with two attached hydrogens (primary N) is 1. The second-order valence-electron chi connectivity index (χ2n) is 13.2. The molecule has 0 amide bonds. The maximum absolute atomic E-state index is 6.96. The lowest BCUT2D eigenvalue weighted by molar-refractivity contribution is 0.268. The monoisotopic (exact) mass is 695 g/mol. The highest BCUT2D eigenvalue weighted by Gasteiger charge is 2.32. The van der Waals surface area contributed by atoms with E-state index in [0.717, 1.165) is 22.4 Å². The molecule has 3 heterocycles. The first-order valence-corrected chi connectivity index (χ1v) is 18.9. The van der Waals surface area contributed by atoms with Gasteiger partial charge in [-0.15, -0.1) is 22.7 Å². The van der Waals surface area contributed by atoms with Gasteiger partial charge in [0.2, 0.25) is 0 Å². The van der Waals surface area contributed by atoms with Gasteiger partial charge in [0, 0.05) is 63.6 Å². The van der Waals surface area contributed by atoms with E-state index in [1.54, 1.807) is 0 Å². The molecule has 0 bridgehead atoms. The van der Waals surface area contributed by atoms with E-state index < -0.39 is 6.17 Å². The van der Waals surface area contributed by atoms with Gasteiger partial charge in [-0.05, 0) is 46.5 Å². The van der Waals surface area contributed by atoms with Crippen molar-refractivity contribution in [2.75, 3.05) is 0 Å². The minimum absolute atomic E-state index is 0.0385. The molecule has 4 nitrogen and oxygen atoms in total. The summed E-state index contributed by atoms with van der Waals surface area (Å²) in [5, 5.41) is 8.79. The molecule has 246 valence electrons. The Kier molecular flexibility index (Phi) is 7.43. The number of ether oxygens (including phenoxy) is 1. The number of benzene rings is 6. The fourth-order valence-corrected chi connectivity index (χ4v) is 10.1. The second-order valence-corrected chi connectivity index (χ2v) is 15.3. The van der Waals surface area contributed by atoms with Crippen LogP contribution in [-0.4, -0.2) is 12.3 Å². The van der Waals surface area contributed by atoms with Gasteiger partial charge in [-0.2, -0.15) is 0 Å². The molecule has 0 saturated carbocycles. The zero-order valence-electron chi connectivity index (χ0n) is 27.6. The quantitative estimate of drug-likeness (QED) is 0.129. The largest absolute Gasteiger partial charge is 0.485 e. The van der Waals surface area contributed by atoms with Crippen molar-refractivity contribution in [3.8, 4) is 16.9 Å². The summed E-state index contributed by atoms with van der Waals surface area (Å²) in [4.78, 5) is 5.14. The third-order valence-electron chi connectivity index (χ3n) is 10.2. The first-order chi connectivity index (χ1) is 25.2. The van der Waals surface area contributed by atoms with Crippen molar-refractivity contribution in [1.82, 2.24) is 5.32 Å². The lowest BCUT2D eigenvalue weighted by Gasteiger charge is -2.22. The molecule has 4 atom stereocenters. The highest BCUT2D eigenvalue weighted by atomic mass is 32.1. The zero-order chi connectivity index (χ0) is 33.9. The first kappa shape index (κ1) is 30.5. The minimum atomic E-state index is -0.469. The van der Waals surface area contributed by atoms with Crippen LogP contribution in [0.4, 0.5) is 0 Å². The topological polar surface area (TPSA) is 59.6 Å². The minimum Gasteiger partial charge on any atom is -0.485 e. The van der Waals surface area contributed by atoms with Crippen molar-refractivity contribution in [2.45, 2.75) is 24.4 Å². The number of hydrogen-bond acceptors (Lipinski definition) is 6. The first-order valence-electron chi connectivity index (χ1n) is 17.3. The molecule has 6 aromatic carbocycles. The number of fused-ring (bicyclic) bond motifs is 9. The van der Waals surface area contributed by atoms with E-state index in [9.17, 15) is 0 Å². The van der Waals surface area contributed by atoms with Crippen LogP contribution >= 0.6 is 22.7 Å². The average Bonchev–Trinajstić information content (AvgIpc) is 3.87. The molecule has 0 spiro atoms. The Balaban J connectivity index is 1.04. The van der Waals surface area contributed by atoms with Crippen molar-refractivity contribution in [3.05, 3.63) is 174 Å². The van der Waals surface area contributed by atoms with E-state index in [2.05, 4.69) is 139 Å². The summed E-state index contributed by atoms with van der Waals surface area (Å²) < 4.78 is 11.4. The molecular formula is C45H33N3OS2. The van der Waals surface area contributed by atoms with Crippen LogP contribution < -0.4 is 15.8 Å². The normalized spacial score (nSPS) is 17.7. The molecule has 4 unspecified atom stereocenters. The Morgan fingerprint density at radius 3 is 2.37 bits per heavy atom. The van der Waals surface area contributed by atoms with Gasteiger partial charge in [-0.3, -0.25) is 10.3 Å². The summed E-state index contributed by atoms with van der Waals surface area (Å²) >= 11 is 3.70. The molecule has 8 aromatic rings. The maximum Gasteiger partial charge on any atom is 0.128 e. The number of nitrogens with one attached hydrogen (secondary N) is 1. The fraction of sp³-hybridized carbons (Fsp3) is 0.0889. The molecule has 1 aliphatic carbocycles. The van der Waals surface area contributed by atoms with Crippen LogP contribution in [0.25, 0.3) is 51.5 Å². The Labute approximate surface area is 303 Å². The van der Waals surface area contributed by atoms with Crippen molar-refractivity contribution in [1.29, 1.82) is 0 Å². The Morgan fingerprint density at radius 1 is 0.686 bits per heavy atom. The van der Waals surface area contributed by atoms with Crippen LogP contribution in [-0.2, 0) is 0 Å². The highest BCUT2D eigenvalue weighted by molar-refractivity contribution is 7.26. The molecule has 2 aromatic heterocycles. The van der Waals surface area contributed by atoms with Crippen molar-refractivity contribution in [3.63, 3.8) is 0 Å². The van der Waals surface area contributed by atoms with Gasteiger partial charge < -0.3 is 10.5 Å². The van der Waals surface area contributed by atoms with Gasteiger partial charge in [0.05, 0.1) is 6.17 Å². The molecule has 1 aliphatic heterocycles. The van der Waals surface area contributed by atoms with Crippen LogP contribution in [0.1, 0.15) is 40.5 Å². The third kappa shape index (κ3) is 5.31. The molecule has 0 saturated heterocycles. The van der Waals surface area contributed by atoms with Crippen LogP contribution in [0.2, 0.25) is 0 Å². The van der Waals surface area contributed by atoms with Crippen molar-refractivity contribution >= 4 is 69.2 Å². The lowest BCUT2D eigenvalue weighted by atomic mass is 9.91. The van der Waals surface area contributed by atoms with Gasteiger partial charge in [0.15, 0.2) is 0 Å². The predicted molar refractivity (Wildman–Crippen MR) is 216 cm³/mol. The van der Waals surface area contributed by atoms with Gasteiger partial charge in [0.25, 0.3) is 0 Å². The number of thiophene rings is 2. The number of aliphatic imine (C=N–C) groups is 1. The fourth-order valence-electron chi connectivity index (χ4n) is 7.61. The van der Waals surface area contributed by atoms with E-state index in [-0.39, 0.29) is 18.2 Å². The standard InChI is InChI=1S/C45H33N3OS2/c46-44(29-21-22-32-31-12-4-6-18-38(31)49-39(32)24-29)48-45(47-26-27-10-2-1-3-11-27)37-17-9-16-36-34-23-20-28(25-41(34)51-43(36)37)30-14-8-15-35-33-13-5-7-19-40(33)50-42(30)35/h1-26,31,38,44-45,48H,46H2/b47-26+. The summed E-state index contributed by atoms with van der Waals surface area (Å²) in [6, 6.07) is 45.4. The smallest absolute Gasteiger partial charge is 0.128 e. The highest BCUT2D eigenvalue weighted by Crippen LogP contribution is 2.45. The molecule has 3 N–H and O–H groups in total. The summed E-state index contributed by atoms with van der Waals surface area (Å²) in [5.74, 6) is 1.14. The molecule has 0 radical (unpaired) electrons. The number of allylic oxidation sites excluding steroid dienone is 2. The third-order valence-corrected chi connectivity index (χ3v) is 12.6. The lowest BCUT2D eigenvalue weighted by Crippen LogP contribution is -2.31. The maximum atomic E-state index is 6.96. The molecule has 2 aliphatic rings. The molecular weight excluding hydrogens is 663 g/mol. The van der Waals surface area contributed by atoms with Crippen molar-refractivity contribution in [2.24, 2.45) is 10.7 Å². The molecule has 6 heteroatoms. The zero-order valence-corrected chi connectivity index (χ0v) is 29.2. The molecule has 10 rings (SSSR count). The average molecular weight is 696 g/mol. The Morgan fingerprint density at radius 2 is 1.45 bits per heavy atom. The molecule has 0 fully saturated rings. The van der Waals surface area contributed by atoms with E-state index in [0.29, 0.717) is 0 Å². The SMILES string of the molecule is NC(NC(/N=C/c1ccccc1)c1cccc2c1sc1cc(-c3cccc4c3sc3ccccc34)ccc12)c1ccc2c(c1)OC1C=CC=CC21. The van der Waals surface area contributed by atoms with E-state index in [1.807, 2.05) is 47.1 Å². The van der Waals surface area contributed by atoms with Gasteiger partial charge in [0.1, 0.15) is 18.0 Å². The van der Waals surface area contributed by atoms with Crippen LogP contribution in [0.15, 0.2) is 157 Å². The van der Waals surface area contributed by atoms with Gasteiger partial charge >= 0.3 is 0 Å². The van der Waals surface area contributed by atoms with E-state index >= 15 is 0 Å². The second kappa shape index (κ2) is 12.4. The van der Waals surface area contributed by atoms with Gasteiger partial charge in [-0.1, -0.05) is 127 Å². The Hall–Kier alpha value is -5.37. The number of nitrogens with zero attached hydrogens (tertiary/aromatic N) is 1. The number of rotatable bonds is 7. The van der Waals surface area contributed by atoms with E-state index in [1.165, 1.54) is 57.0 Å². The summed E-state index contributed by atoms with van der Waals surface area (Å²) in [7, 11) is 0. The summed E-state index contributed by atoms with van der Waals surface area (Å²) in [6.45, 7) is 0. The van der Waals surface area contributed by atoms with Crippen LogP contribution in [0, 0.1) is 0 Å².